The zero-order valence-corrected chi connectivity index (χ0v) is 15.9. The van der Waals surface area contributed by atoms with Crippen molar-refractivity contribution in [3.63, 3.8) is 0 Å². The fourth-order valence-corrected chi connectivity index (χ4v) is 2.15. The van der Waals surface area contributed by atoms with Gasteiger partial charge in [0.1, 0.15) is 0 Å². The van der Waals surface area contributed by atoms with Crippen LogP contribution in [0.1, 0.15) is 39.0 Å². The molecule has 0 saturated heterocycles. The number of alkyl halides is 10. The Balaban J connectivity index is 0. The fraction of sp³-hybridized carbons (Fsp3) is 0.857. The van der Waals surface area contributed by atoms with Crippen LogP contribution < -0.4 is 5.73 Å². The highest BCUT2D eigenvalue weighted by molar-refractivity contribution is 7.87. The van der Waals surface area contributed by atoms with Gasteiger partial charge in [-0.3, -0.25) is 4.55 Å². The van der Waals surface area contributed by atoms with E-state index in [4.69, 9.17) is 10.3 Å². The number of nitrogens with two attached hydrogens (primary N) is 1. The summed E-state index contributed by atoms with van der Waals surface area (Å²) >= 11 is 0. The zero-order chi connectivity index (χ0) is 23.9. The molecule has 0 rings (SSSR count). The van der Waals surface area contributed by atoms with Crippen molar-refractivity contribution in [2.45, 2.75) is 68.0 Å². The maximum atomic E-state index is 13.3. The molecule has 0 saturated carbocycles. The van der Waals surface area contributed by atoms with Crippen molar-refractivity contribution in [2.24, 2.45) is 5.73 Å². The summed E-state index contributed by atoms with van der Waals surface area (Å²) in [6.45, 7) is 5.52. The lowest BCUT2D eigenvalue weighted by Gasteiger charge is -2.38. The Hall–Kier alpha value is -1.09. The van der Waals surface area contributed by atoms with Crippen molar-refractivity contribution in [3.05, 3.63) is 12.7 Å². The van der Waals surface area contributed by atoms with Crippen molar-refractivity contribution in [1.29, 1.82) is 0 Å². The fourth-order valence-electron chi connectivity index (χ4n) is 1.70. The van der Waals surface area contributed by atoms with Crippen LogP contribution in [-0.4, -0.2) is 48.5 Å². The molecule has 0 aromatic rings. The lowest BCUT2D eigenvalue weighted by Crippen LogP contribution is -2.68. The van der Waals surface area contributed by atoms with Crippen LogP contribution >= 0.6 is 0 Å². The van der Waals surface area contributed by atoms with E-state index in [1.54, 1.807) is 13.0 Å². The van der Waals surface area contributed by atoms with Crippen molar-refractivity contribution in [3.8, 4) is 0 Å². The van der Waals surface area contributed by atoms with Gasteiger partial charge >= 0.3 is 39.1 Å². The minimum atomic E-state index is -7.52. The number of hydrogen-bond donors (Lipinski definition) is 2. The lowest BCUT2D eigenvalue weighted by molar-refractivity contribution is -0.390. The maximum Gasteiger partial charge on any atom is 0.438 e. The van der Waals surface area contributed by atoms with E-state index in [0.717, 1.165) is 0 Å². The van der Waals surface area contributed by atoms with Crippen LogP contribution in [0.15, 0.2) is 12.7 Å². The highest BCUT2D eigenvalue weighted by atomic mass is 32.2. The summed E-state index contributed by atoms with van der Waals surface area (Å²) in [6, 6.07) is 0. The Kier molecular flexibility index (Phi) is 10.7. The second-order valence-corrected chi connectivity index (χ2v) is 7.22. The minimum Gasteiger partial charge on any atom is -0.327 e. The summed E-state index contributed by atoms with van der Waals surface area (Å²) < 4.78 is 160. The number of unbranched alkanes of at least 4 members (excludes halogenated alkanes) is 3. The van der Waals surface area contributed by atoms with Gasteiger partial charge in [-0.25, -0.2) is 0 Å². The Bertz CT molecular complexity index is 623. The van der Waals surface area contributed by atoms with E-state index < -0.39 is 51.9 Å². The first kappa shape index (κ1) is 30.1. The molecule has 0 aliphatic heterocycles. The molecule has 0 aliphatic carbocycles. The summed E-state index contributed by atoms with van der Waals surface area (Å²) in [5, 5.41) is -7.13. The normalized spacial score (nSPS) is 14.2. The van der Waals surface area contributed by atoms with Gasteiger partial charge < -0.3 is 5.73 Å². The minimum absolute atomic E-state index is 0.148. The van der Waals surface area contributed by atoms with Crippen LogP contribution in [0.4, 0.5) is 43.9 Å². The van der Waals surface area contributed by atoms with Gasteiger partial charge in [-0.1, -0.05) is 32.3 Å². The Morgan fingerprint density at radius 2 is 1.28 bits per heavy atom. The zero-order valence-electron chi connectivity index (χ0n) is 15.1. The molecule has 29 heavy (non-hydrogen) atoms. The second-order valence-electron chi connectivity index (χ2n) is 5.75. The van der Waals surface area contributed by atoms with Gasteiger partial charge in [-0.15, -0.1) is 6.58 Å². The quantitative estimate of drug-likeness (QED) is 0.189. The highest BCUT2D eigenvalue weighted by Gasteiger charge is 2.88. The molecule has 0 aromatic carbocycles. The highest BCUT2D eigenvalue weighted by Crippen LogP contribution is 2.58. The van der Waals surface area contributed by atoms with Crippen molar-refractivity contribution in [2.75, 3.05) is 6.54 Å². The summed E-state index contributed by atoms with van der Waals surface area (Å²) in [7, 11) is -7.31. The molecule has 3 N–H and O–H groups in total. The summed E-state index contributed by atoms with van der Waals surface area (Å²) in [6.07, 6.45) is -0.660. The molecule has 0 aromatic heterocycles. The molecular formula is C14H21F10NO3S. The van der Waals surface area contributed by atoms with Gasteiger partial charge in [0.25, 0.3) is 0 Å². The molecule has 176 valence electrons. The van der Waals surface area contributed by atoms with Crippen LogP contribution in [0.2, 0.25) is 0 Å². The summed E-state index contributed by atoms with van der Waals surface area (Å²) in [5.41, 5.74) is 4.91. The van der Waals surface area contributed by atoms with E-state index in [2.05, 4.69) is 6.58 Å². The first-order valence-corrected chi connectivity index (χ1v) is 9.34. The topological polar surface area (TPSA) is 80.4 Å². The van der Waals surface area contributed by atoms with Gasteiger partial charge in [0.15, 0.2) is 0 Å². The predicted octanol–water partition coefficient (Wildman–Crippen LogP) is 5.11. The largest absolute Gasteiger partial charge is 0.438 e. The third-order valence-electron chi connectivity index (χ3n) is 3.45. The van der Waals surface area contributed by atoms with Crippen LogP contribution in [0.3, 0.4) is 0 Å². The molecule has 0 unspecified atom stereocenters. The molecule has 0 amide bonds. The average molecular weight is 473 g/mol. The van der Waals surface area contributed by atoms with Gasteiger partial charge in [0, 0.05) is 13.0 Å². The summed E-state index contributed by atoms with van der Waals surface area (Å²) in [4.78, 5) is 0. The number of rotatable bonds is 11. The van der Waals surface area contributed by atoms with Crippen LogP contribution in [0, 0.1) is 0 Å². The van der Waals surface area contributed by atoms with Crippen LogP contribution in [0.5, 0.6) is 0 Å². The van der Waals surface area contributed by atoms with Gasteiger partial charge in [-0.05, 0) is 6.42 Å². The number of hydrogen-bond acceptors (Lipinski definition) is 3. The van der Waals surface area contributed by atoms with E-state index in [1.807, 2.05) is 0 Å². The van der Waals surface area contributed by atoms with E-state index in [9.17, 15) is 52.3 Å². The molecular weight excluding hydrogens is 452 g/mol. The Morgan fingerprint density at radius 1 is 0.862 bits per heavy atom. The Morgan fingerprint density at radius 3 is 1.59 bits per heavy atom. The van der Waals surface area contributed by atoms with Crippen LogP contribution in [-0.2, 0) is 10.1 Å². The molecule has 0 atom stereocenters. The van der Waals surface area contributed by atoms with E-state index in [-0.39, 0.29) is 12.8 Å². The maximum absolute atomic E-state index is 13.3. The average Bonchev–Trinajstić information content (AvgIpc) is 2.57. The second kappa shape index (κ2) is 10.3. The van der Waals surface area contributed by atoms with E-state index in [1.165, 1.54) is 0 Å². The third kappa shape index (κ3) is 6.20. The smallest absolute Gasteiger partial charge is 0.327 e. The summed E-state index contributed by atoms with van der Waals surface area (Å²) in [5.74, 6) is -27.9. The molecule has 0 radical (unpaired) electrons. The molecule has 15 heteroatoms. The molecule has 0 fully saturated rings. The molecule has 0 aliphatic rings. The lowest BCUT2D eigenvalue weighted by atomic mass is 9.94. The first-order chi connectivity index (χ1) is 12.7. The standard InChI is InChI=1S/C11H14F10O3S.C3H7N/c1-2-3-4-5-6-7(12,13)8(14,15)9(16,17)10(18,19)11(20,21)25(22,23)24;1-2-3-4/h2-6H2,1H3,(H,22,23,24);2H,1,3-4H2. The molecule has 0 spiro atoms. The predicted molar refractivity (Wildman–Crippen MR) is 84.3 cm³/mol. The van der Waals surface area contributed by atoms with Gasteiger partial charge in [0.05, 0.1) is 0 Å². The molecule has 0 heterocycles. The monoisotopic (exact) mass is 473 g/mol. The van der Waals surface area contributed by atoms with E-state index in [0.29, 0.717) is 13.0 Å². The Labute approximate surface area is 160 Å². The van der Waals surface area contributed by atoms with Crippen molar-refractivity contribution >= 4 is 10.1 Å². The third-order valence-corrected chi connectivity index (χ3v) is 4.35. The van der Waals surface area contributed by atoms with Crippen molar-refractivity contribution in [1.82, 2.24) is 0 Å². The first-order valence-electron chi connectivity index (χ1n) is 7.90. The number of halogens is 10. The van der Waals surface area contributed by atoms with E-state index >= 15 is 0 Å². The van der Waals surface area contributed by atoms with Gasteiger partial charge in [-0.2, -0.15) is 52.3 Å². The molecule has 0 bridgehead atoms. The SMILES string of the molecule is C=CCN.CCCCCCC(F)(F)C(F)(F)C(F)(F)C(F)(F)C(F)(F)S(=O)(=O)O. The van der Waals surface area contributed by atoms with Crippen molar-refractivity contribution < 1.29 is 56.9 Å². The van der Waals surface area contributed by atoms with Crippen LogP contribution in [0.25, 0.3) is 0 Å². The molecule has 4 nitrogen and oxygen atoms in total. The van der Waals surface area contributed by atoms with Gasteiger partial charge in [0.2, 0.25) is 0 Å².